The van der Waals surface area contributed by atoms with E-state index in [0.29, 0.717) is 12.8 Å². The first-order chi connectivity index (χ1) is 20.7. The number of nitrogens with one attached hydrogen (secondary N) is 1. The average molecular weight is 649 g/mol. The van der Waals surface area contributed by atoms with Crippen molar-refractivity contribution in [3.05, 3.63) is 0 Å². The first kappa shape index (κ1) is 39.6. The molecule has 45 heavy (non-hydrogen) atoms. The van der Waals surface area contributed by atoms with Gasteiger partial charge < -0.3 is 40.1 Å². The molecule has 1 aliphatic heterocycles. The van der Waals surface area contributed by atoms with Gasteiger partial charge in [-0.05, 0) is 34.7 Å². The molecule has 1 aliphatic rings. The van der Waals surface area contributed by atoms with Crippen molar-refractivity contribution in [1.82, 2.24) is 20.0 Å². The number of likely N-dealkylation sites (tertiary alicyclic amines) is 1. The van der Waals surface area contributed by atoms with Crippen molar-refractivity contribution in [2.75, 3.05) is 85.6 Å². The molecule has 0 aromatic rings. The molecule has 0 atom stereocenters. The third kappa shape index (κ3) is 15.0. The summed E-state index contributed by atoms with van der Waals surface area (Å²) in [6, 6.07) is 0. The van der Waals surface area contributed by atoms with Gasteiger partial charge in [0.05, 0.1) is 39.3 Å². The van der Waals surface area contributed by atoms with Crippen molar-refractivity contribution >= 4 is 35.8 Å². The topological polar surface area (TPSA) is 235 Å². The highest BCUT2D eigenvalue weighted by Crippen LogP contribution is 2.38. The number of carbonyl (C=O) groups is 6. The standard InChI is InChI=1S/C28H49N5O12/c1-27(2)12-20(13-28(3,4)30(27)5)45-26(44)17-32(16-23(38)39)8-7-31(15-22(36)37)9-11-33(18-24(40)41,19-25(42)43)10-6-29-14-21(34)35/h20,29H,6-19H2,1-5H3,(H4-,34,35,36,37,38,39,40,41,42,43)/p+1. The SMILES string of the molecule is CN1C(C)(C)CC(OC(=O)CN(CCN(CC[N+](CCNCC(=O)O)(CC(=O)O)CC(=O)O)CC(=O)O)CC(=O)O)CC1(C)C. The Morgan fingerprint density at radius 1 is 0.733 bits per heavy atom. The maximum atomic E-state index is 12.9. The number of aliphatic carboxylic acids is 5. The maximum absolute atomic E-state index is 12.9. The second kappa shape index (κ2) is 17.4. The molecule has 1 saturated heterocycles. The largest absolute Gasteiger partial charge is 0.480 e. The fraction of sp³-hybridized carbons (Fsp3) is 0.786. The molecule has 1 fully saturated rings. The Labute approximate surface area is 262 Å². The number of carbonyl (C=O) groups excluding carboxylic acids is 1. The van der Waals surface area contributed by atoms with Crippen LogP contribution in [0, 0.1) is 0 Å². The Balaban J connectivity index is 3.01. The summed E-state index contributed by atoms with van der Waals surface area (Å²) >= 11 is 0. The van der Waals surface area contributed by atoms with Gasteiger partial charge in [-0.2, -0.15) is 0 Å². The summed E-state index contributed by atoms with van der Waals surface area (Å²) in [5, 5.41) is 49.4. The van der Waals surface area contributed by atoms with Crippen LogP contribution in [-0.4, -0.2) is 183 Å². The zero-order chi connectivity index (χ0) is 34.6. The minimum atomic E-state index is -1.29. The predicted octanol–water partition coefficient (Wildman–Crippen LogP) is -1.39. The average Bonchev–Trinajstić information content (AvgIpc) is 2.84. The van der Waals surface area contributed by atoms with Gasteiger partial charge in [0.1, 0.15) is 6.10 Å². The molecular weight excluding hydrogens is 598 g/mol. The van der Waals surface area contributed by atoms with Crippen molar-refractivity contribution in [3.8, 4) is 0 Å². The number of piperidine rings is 1. The number of nitrogens with zero attached hydrogens (tertiary/aromatic N) is 4. The van der Waals surface area contributed by atoms with Gasteiger partial charge in [0.2, 0.25) is 0 Å². The van der Waals surface area contributed by atoms with E-state index < -0.39 is 73.0 Å². The second-order valence-electron chi connectivity index (χ2n) is 12.9. The third-order valence-electron chi connectivity index (χ3n) is 8.24. The molecule has 0 bridgehead atoms. The van der Waals surface area contributed by atoms with Gasteiger partial charge in [-0.3, -0.25) is 33.9 Å². The summed E-state index contributed by atoms with van der Waals surface area (Å²) < 4.78 is 5.26. The molecule has 0 saturated carbocycles. The minimum Gasteiger partial charge on any atom is -0.480 e. The van der Waals surface area contributed by atoms with Crippen LogP contribution in [0.1, 0.15) is 40.5 Å². The molecule has 1 rings (SSSR count). The molecule has 17 nitrogen and oxygen atoms in total. The zero-order valence-corrected chi connectivity index (χ0v) is 26.9. The first-order valence-corrected chi connectivity index (χ1v) is 14.7. The number of hydrogen-bond donors (Lipinski definition) is 6. The molecule has 0 aromatic carbocycles. The zero-order valence-electron chi connectivity index (χ0n) is 26.9. The van der Waals surface area contributed by atoms with Gasteiger partial charge in [-0.25, -0.2) is 9.59 Å². The van der Waals surface area contributed by atoms with E-state index in [0.717, 1.165) is 0 Å². The van der Waals surface area contributed by atoms with E-state index >= 15 is 0 Å². The van der Waals surface area contributed by atoms with Crippen LogP contribution in [0.2, 0.25) is 0 Å². The van der Waals surface area contributed by atoms with Crippen LogP contribution in [-0.2, 0) is 33.5 Å². The van der Waals surface area contributed by atoms with E-state index in [1.54, 1.807) is 0 Å². The smallest absolute Gasteiger partial charge is 0.359 e. The molecule has 0 aromatic heterocycles. The van der Waals surface area contributed by atoms with Gasteiger partial charge in [0.15, 0.2) is 13.1 Å². The Hall–Kier alpha value is -3.38. The van der Waals surface area contributed by atoms with Gasteiger partial charge in [0, 0.05) is 50.1 Å². The molecule has 6 N–H and O–H groups in total. The van der Waals surface area contributed by atoms with Crippen LogP contribution >= 0.6 is 0 Å². The number of rotatable bonds is 22. The highest BCUT2D eigenvalue weighted by Gasteiger charge is 2.44. The van der Waals surface area contributed by atoms with Crippen molar-refractivity contribution < 1.29 is 63.5 Å². The number of quaternary nitrogens is 1. The van der Waals surface area contributed by atoms with Crippen LogP contribution in [0.15, 0.2) is 0 Å². The summed E-state index contributed by atoms with van der Waals surface area (Å²) in [5.74, 6) is -6.77. The fourth-order valence-corrected chi connectivity index (χ4v) is 5.84. The van der Waals surface area contributed by atoms with E-state index in [2.05, 4.69) is 37.9 Å². The van der Waals surface area contributed by atoms with Crippen molar-refractivity contribution in [1.29, 1.82) is 0 Å². The van der Waals surface area contributed by atoms with Crippen LogP contribution in [0.25, 0.3) is 0 Å². The fourth-order valence-electron chi connectivity index (χ4n) is 5.84. The molecule has 0 aliphatic carbocycles. The van der Waals surface area contributed by atoms with E-state index in [1.807, 2.05) is 7.05 Å². The van der Waals surface area contributed by atoms with Crippen LogP contribution in [0.3, 0.4) is 0 Å². The number of carboxylic acid groups (broad SMARTS) is 5. The summed E-state index contributed by atoms with van der Waals surface area (Å²) in [6.45, 7) is 4.86. The normalized spacial score (nSPS) is 16.9. The number of hydrogen-bond acceptors (Lipinski definition) is 11. The highest BCUT2D eigenvalue weighted by atomic mass is 16.5. The summed E-state index contributed by atoms with van der Waals surface area (Å²) in [4.78, 5) is 75.3. The van der Waals surface area contributed by atoms with E-state index in [-0.39, 0.29) is 63.0 Å². The second-order valence-corrected chi connectivity index (χ2v) is 12.9. The third-order valence-corrected chi connectivity index (χ3v) is 8.24. The van der Waals surface area contributed by atoms with Gasteiger partial charge in [-0.1, -0.05) is 0 Å². The summed E-state index contributed by atoms with van der Waals surface area (Å²) in [6.07, 6.45) is 0.790. The molecule has 0 unspecified atom stereocenters. The molecule has 258 valence electrons. The summed E-state index contributed by atoms with van der Waals surface area (Å²) in [5.41, 5.74) is -0.488. The first-order valence-electron chi connectivity index (χ1n) is 14.7. The molecule has 0 spiro atoms. The lowest BCUT2D eigenvalue weighted by molar-refractivity contribution is -0.912. The number of ether oxygens (including phenoxy) is 1. The van der Waals surface area contributed by atoms with E-state index in [4.69, 9.17) is 9.84 Å². The lowest BCUT2D eigenvalue weighted by Crippen LogP contribution is -2.60. The van der Waals surface area contributed by atoms with Gasteiger partial charge in [-0.15, -0.1) is 0 Å². The van der Waals surface area contributed by atoms with E-state index in [9.17, 15) is 49.2 Å². The Morgan fingerprint density at radius 2 is 1.22 bits per heavy atom. The number of carboxylic acids is 5. The molecule has 17 heteroatoms. The monoisotopic (exact) mass is 648 g/mol. The lowest BCUT2D eigenvalue weighted by atomic mass is 9.79. The Morgan fingerprint density at radius 3 is 1.69 bits per heavy atom. The van der Waals surface area contributed by atoms with E-state index in [1.165, 1.54) is 9.80 Å². The molecule has 0 radical (unpaired) electrons. The van der Waals surface area contributed by atoms with Gasteiger partial charge >= 0.3 is 35.8 Å². The van der Waals surface area contributed by atoms with Gasteiger partial charge in [0.25, 0.3) is 0 Å². The Bertz CT molecular complexity index is 1030. The van der Waals surface area contributed by atoms with Crippen LogP contribution in [0.5, 0.6) is 0 Å². The van der Waals surface area contributed by atoms with Crippen molar-refractivity contribution in [2.24, 2.45) is 0 Å². The van der Waals surface area contributed by atoms with Crippen LogP contribution in [0.4, 0.5) is 0 Å². The quantitative estimate of drug-likeness (QED) is 0.0451. The lowest BCUT2D eigenvalue weighted by Gasteiger charge is -2.53. The number of esters is 1. The van der Waals surface area contributed by atoms with Crippen molar-refractivity contribution in [2.45, 2.75) is 57.7 Å². The molecular formula is C28H50N5O12+. The van der Waals surface area contributed by atoms with Crippen molar-refractivity contribution in [3.63, 3.8) is 0 Å². The maximum Gasteiger partial charge on any atom is 0.359 e. The highest BCUT2D eigenvalue weighted by molar-refractivity contribution is 5.74. The van der Waals surface area contributed by atoms with Crippen LogP contribution < -0.4 is 5.32 Å². The minimum absolute atomic E-state index is 0.00800. The molecule has 0 amide bonds. The Kier molecular flexibility index (Phi) is 15.3. The predicted molar refractivity (Wildman–Crippen MR) is 159 cm³/mol. The summed E-state index contributed by atoms with van der Waals surface area (Å²) in [7, 11) is 2.01. The molecule has 1 heterocycles.